The van der Waals surface area contributed by atoms with Crippen molar-refractivity contribution >= 4 is 11.8 Å². The molecule has 4 saturated carbocycles. The molecule has 0 heterocycles. The van der Waals surface area contributed by atoms with E-state index in [1.54, 1.807) is 0 Å². The number of benzene rings is 1. The third-order valence-electron chi connectivity index (χ3n) is 7.46. The Morgan fingerprint density at radius 2 is 1.59 bits per heavy atom. The van der Waals surface area contributed by atoms with Gasteiger partial charge in [-0.1, -0.05) is 30.3 Å². The van der Waals surface area contributed by atoms with Crippen LogP contribution in [0.3, 0.4) is 0 Å². The monoisotopic (exact) mass is 397 g/mol. The van der Waals surface area contributed by atoms with Gasteiger partial charge in [0, 0.05) is 24.9 Å². The zero-order valence-electron chi connectivity index (χ0n) is 17.8. The quantitative estimate of drug-likeness (QED) is 0.708. The minimum Gasteiger partial charge on any atom is -0.355 e. The number of hydrogen-bond acceptors (Lipinski definition) is 3. The van der Waals surface area contributed by atoms with Gasteiger partial charge >= 0.3 is 0 Å². The largest absolute Gasteiger partial charge is 0.355 e. The normalized spacial score (nSPS) is 30.9. The summed E-state index contributed by atoms with van der Waals surface area (Å²) < 4.78 is 0. The molecule has 1 aromatic carbocycles. The van der Waals surface area contributed by atoms with E-state index in [1.165, 1.54) is 24.8 Å². The molecule has 0 aliphatic heterocycles. The predicted octanol–water partition coefficient (Wildman–Crippen LogP) is 3.13. The van der Waals surface area contributed by atoms with E-state index in [9.17, 15) is 9.59 Å². The first kappa shape index (κ1) is 20.4. The molecular weight excluding hydrogens is 362 g/mol. The minimum absolute atomic E-state index is 0.00130. The molecular formula is C24H35N3O2. The lowest BCUT2D eigenvalue weighted by Gasteiger charge is -2.55. The van der Waals surface area contributed by atoms with Gasteiger partial charge in [-0.2, -0.15) is 0 Å². The van der Waals surface area contributed by atoms with Crippen LogP contribution in [0.4, 0.5) is 0 Å². The molecule has 1 atom stereocenters. The van der Waals surface area contributed by atoms with E-state index in [2.05, 4.69) is 27.7 Å². The van der Waals surface area contributed by atoms with Crippen LogP contribution in [0.25, 0.3) is 0 Å². The van der Waals surface area contributed by atoms with Crippen molar-refractivity contribution < 1.29 is 9.59 Å². The van der Waals surface area contributed by atoms with Gasteiger partial charge < -0.3 is 15.5 Å². The maximum absolute atomic E-state index is 13.0. The average Bonchev–Trinajstić information content (AvgIpc) is 2.67. The van der Waals surface area contributed by atoms with Gasteiger partial charge in [-0.15, -0.1) is 0 Å². The minimum atomic E-state index is -0.130. The maximum Gasteiger partial charge on any atom is 0.226 e. The van der Waals surface area contributed by atoms with E-state index >= 15 is 0 Å². The Balaban J connectivity index is 1.22. The van der Waals surface area contributed by atoms with Gasteiger partial charge in [-0.05, 0) is 75.9 Å². The molecule has 1 unspecified atom stereocenters. The van der Waals surface area contributed by atoms with Crippen LogP contribution in [0.1, 0.15) is 56.6 Å². The summed E-state index contributed by atoms with van der Waals surface area (Å²) in [5.74, 6) is 2.49. The van der Waals surface area contributed by atoms with E-state index in [4.69, 9.17) is 0 Å². The topological polar surface area (TPSA) is 61.4 Å². The van der Waals surface area contributed by atoms with Crippen LogP contribution in [0, 0.1) is 23.2 Å². The van der Waals surface area contributed by atoms with Crippen molar-refractivity contribution in [2.24, 2.45) is 23.2 Å². The van der Waals surface area contributed by atoms with Crippen molar-refractivity contribution in [1.29, 1.82) is 0 Å². The Morgan fingerprint density at radius 1 is 1.00 bits per heavy atom. The lowest BCUT2D eigenvalue weighted by molar-refractivity contribution is -0.146. The van der Waals surface area contributed by atoms with Crippen LogP contribution in [0.15, 0.2) is 30.3 Å². The van der Waals surface area contributed by atoms with E-state index in [-0.39, 0.29) is 23.3 Å². The first-order valence-corrected chi connectivity index (χ1v) is 11.2. The fourth-order valence-electron chi connectivity index (χ4n) is 6.44. The molecule has 4 aliphatic carbocycles. The summed E-state index contributed by atoms with van der Waals surface area (Å²) >= 11 is 0. The second kappa shape index (κ2) is 8.47. The Bertz CT molecular complexity index is 696. The highest BCUT2D eigenvalue weighted by Crippen LogP contribution is 2.60. The first-order chi connectivity index (χ1) is 13.9. The van der Waals surface area contributed by atoms with Gasteiger partial charge in [0.1, 0.15) is 0 Å². The molecule has 4 fully saturated rings. The molecule has 0 radical (unpaired) electrons. The van der Waals surface area contributed by atoms with Gasteiger partial charge in [-0.3, -0.25) is 9.59 Å². The summed E-state index contributed by atoms with van der Waals surface area (Å²) in [7, 11) is 4.05. The predicted molar refractivity (Wildman–Crippen MR) is 114 cm³/mol. The highest BCUT2D eigenvalue weighted by molar-refractivity contribution is 5.84. The third-order valence-corrected chi connectivity index (χ3v) is 7.46. The summed E-state index contributed by atoms with van der Waals surface area (Å²) in [4.78, 5) is 27.4. The summed E-state index contributed by atoms with van der Waals surface area (Å²) in [5.41, 5.74) is 1.06. The number of amides is 2. The Hall–Kier alpha value is -1.88. The maximum atomic E-state index is 13.0. The molecule has 5 heteroatoms. The lowest BCUT2D eigenvalue weighted by Crippen LogP contribution is -2.53. The van der Waals surface area contributed by atoms with E-state index in [1.807, 2.05) is 32.3 Å². The smallest absolute Gasteiger partial charge is 0.226 e. The van der Waals surface area contributed by atoms with Gasteiger partial charge in [0.05, 0.1) is 6.04 Å². The number of nitrogens with one attached hydrogen (secondary N) is 2. The van der Waals surface area contributed by atoms with Crippen LogP contribution in [0.2, 0.25) is 0 Å². The van der Waals surface area contributed by atoms with Crippen molar-refractivity contribution in [2.45, 2.75) is 51.0 Å². The number of likely N-dealkylation sites (N-methyl/N-ethyl adjacent to an activating group) is 1. The molecule has 158 valence electrons. The molecule has 0 aromatic heterocycles. The van der Waals surface area contributed by atoms with Gasteiger partial charge in [0.25, 0.3) is 0 Å². The van der Waals surface area contributed by atoms with Crippen molar-refractivity contribution in [1.82, 2.24) is 15.5 Å². The van der Waals surface area contributed by atoms with Crippen molar-refractivity contribution in [2.75, 3.05) is 27.2 Å². The number of rotatable bonds is 8. The molecule has 2 amide bonds. The highest BCUT2D eigenvalue weighted by atomic mass is 16.2. The fraction of sp³-hybridized carbons (Fsp3) is 0.667. The number of hydrogen-bond donors (Lipinski definition) is 2. The average molecular weight is 398 g/mol. The Labute approximate surface area is 174 Å². The molecule has 2 N–H and O–H groups in total. The lowest BCUT2D eigenvalue weighted by atomic mass is 9.49. The Kier molecular flexibility index (Phi) is 5.95. The molecule has 4 aliphatic rings. The standard InChI is InChI=1S/C24H35N3O2/c1-27(2)21(20-6-4-3-5-7-20)16-26-22(28)8-9-25-23(29)24-13-17-10-18(14-24)12-19(11-17)15-24/h3-7,17-19,21H,8-16H2,1-2H3,(H,25,29)(H,26,28). The SMILES string of the molecule is CN(C)C(CNC(=O)CCNC(=O)C12CC3CC(CC(C3)C1)C2)c1ccccc1. The molecule has 5 rings (SSSR count). The molecule has 4 bridgehead atoms. The second-order valence-electron chi connectivity index (χ2n) is 9.90. The number of carbonyl (C=O) groups is 2. The van der Waals surface area contributed by atoms with Crippen LogP contribution >= 0.6 is 0 Å². The fourth-order valence-corrected chi connectivity index (χ4v) is 6.44. The molecule has 5 nitrogen and oxygen atoms in total. The van der Waals surface area contributed by atoms with Crippen LogP contribution in [-0.4, -0.2) is 43.9 Å². The van der Waals surface area contributed by atoms with Gasteiger partial charge in [-0.25, -0.2) is 0 Å². The van der Waals surface area contributed by atoms with E-state index in [0.29, 0.717) is 19.5 Å². The van der Waals surface area contributed by atoms with Crippen LogP contribution < -0.4 is 10.6 Å². The number of carbonyl (C=O) groups excluding carboxylic acids is 2. The van der Waals surface area contributed by atoms with Crippen molar-refractivity contribution in [3.05, 3.63) is 35.9 Å². The zero-order chi connectivity index (χ0) is 20.4. The van der Waals surface area contributed by atoms with E-state index < -0.39 is 0 Å². The molecule has 29 heavy (non-hydrogen) atoms. The summed E-state index contributed by atoms with van der Waals surface area (Å²) in [6, 6.07) is 10.4. The van der Waals surface area contributed by atoms with E-state index in [0.717, 1.165) is 37.0 Å². The number of nitrogens with zero attached hydrogens (tertiary/aromatic N) is 1. The summed E-state index contributed by atoms with van der Waals surface area (Å²) in [6.07, 6.45) is 7.55. The zero-order valence-corrected chi connectivity index (χ0v) is 17.8. The second-order valence-corrected chi connectivity index (χ2v) is 9.90. The van der Waals surface area contributed by atoms with Gasteiger partial charge in [0.2, 0.25) is 11.8 Å². The Morgan fingerprint density at radius 3 is 2.14 bits per heavy atom. The summed E-state index contributed by atoms with van der Waals surface area (Å²) in [6.45, 7) is 1.00. The van der Waals surface area contributed by atoms with Crippen LogP contribution in [0.5, 0.6) is 0 Å². The summed E-state index contributed by atoms with van der Waals surface area (Å²) in [5, 5.41) is 6.14. The van der Waals surface area contributed by atoms with Crippen molar-refractivity contribution in [3.63, 3.8) is 0 Å². The third kappa shape index (κ3) is 4.50. The molecule has 0 spiro atoms. The van der Waals surface area contributed by atoms with Crippen molar-refractivity contribution in [3.8, 4) is 0 Å². The highest BCUT2D eigenvalue weighted by Gasteiger charge is 2.54. The molecule has 0 saturated heterocycles. The van der Waals surface area contributed by atoms with Gasteiger partial charge in [0.15, 0.2) is 0 Å². The molecule has 1 aromatic rings. The first-order valence-electron chi connectivity index (χ1n) is 11.2. The van der Waals surface area contributed by atoms with Crippen LogP contribution in [-0.2, 0) is 9.59 Å².